The molecule has 0 aliphatic carbocycles. The number of hydrogen-bond acceptors (Lipinski definition) is 3. The van der Waals surface area contributed by atoms with Gasteiger partial charge in [0.2, 0.25) is 0 Å². The Morgan fingerprint density at radius 1 is 1.21 bits per heavy atom. The maximum Gasteiger partial charge on any atom is 0.172 e. The van der Waals surface area contributed by atoms with Crippen LogP contribution in [0.5, 0.6) is 5.75 Å². The number of pyridine rings is 1. The van der Waals surface area contributed by atoms with Crippen molar-refractivity contribution < 1.29 is 4.74 Å². The van der Waals surface area contributed by atoms with Gasteiger partial charge in [0.05, 0.1) is 6.04 Å². The molecule has 1 aromatic carbocycles. The first-order valence-electron chi connectivity index (χ1n) is 8.12. The molecular weight excluding hydrogens is 318 g/mol. The number of thiocarbonyl (C=S) groups is 1. The summed E-state index contributed by atoms with van der Waals surface area (Å²) in [6, 6.07) is 10.3. The molecule has 0 fully saturated rings. The van der Waals surface area contributed by atoms with Crippen molar-refractivity contribution >= 4 is 23.1 Å². The van der Waals surface area contributed by atoms with E-state index in [-0.39, 0.29) is 11.6 Å². The topological polar surface area (TPSA) is 46.2 Å². The van der Waals surface area contributed by atoms with Gasteiger partial charge in [-0.1, -0.05) is 18.2 Å². The number of hydrogen-bond donors (Lipinski definition) is 2. The molecule has 1 unspecified atom stereocenters. The van der Waals surface area contributed by atoms with Gasteiger partial charge in [0.1, 0.15) is 17.2 Å². The number of rotatable bonds is 2. The zero-order valence-electron chi connectivity index (χ0n) is 14.5. The Kier molecular flexibility index (Phi) is 4.45. The Labute approximate surface area is 148 Å². The lowest BCUT2D eigenvalue weighted by Crippen LogP contribution is -2.42. The van der Waals surface area contributed by atoms with Crippen molar-refractivity contribution in [2.75, 3.05) is 5.32 Å². The minimum absolute atomic E-state index is 0.106. The SMILES string of the molecule is Cc1ccc(NC(=S)NC2CC(C)(C)Oc3cc(C)ccc32)nc1. The smallest absolute Gasteiger partial charge is 0.172 e. The molecule has 5 heteroatoms. The van der Waals surface area contributed by atoms with Gasteiger partial charge in [-0.25, -0.2) is 4.98 Å². The summed E-state index contributed by atoms with van der Waals surface area (Å²) in [5.41, 5.74) is 3.21. The molecule has 3 rings (SSSR count). The second-order valence-corrected chi connectivity index (χ2v) is 7.39. The highest BCUT2D eigenvalue weighted by atomic mass is 32.1. The van der Waals surface area contributed by atoms with Crippen molar-refractivity contribution in [2.45, 2.75) is 45.8 Å². The summed E-state index contributed by atoms with van der Waals surface area (Å²) in [6.07, 6.45) is 2.66. The zero-order chi connectivity index (χ0) is 17.3. The van der Waals surface area contributed by atoms with Gasteiger partial charge in [-0.15, -0.1) is 0 Å². The van der Waals surface area contributed by atoms with Crippen molar-refractivity contribution in [1.29, 1.82) is 0 Å². The molecule has 1 atom stereocenters. The molecule has 0 radical (unpaired) electrons. The van der Waals surface area contributed by atoms with Crippen LogP contribution in [0.3, 0.4) is 0 Å². The molecule has 1 aliphatic heterocycles. The predicted molar refractivity (Wildman–Crippen MR) is 102 cm³/mol. The van der Waals surface area contributed by atoms with Crippen LogP contribution in [-0.2, 0) is 0 Å². The van der Waals surface area contributed by atoms with Crippen LogP contribution < -0.4 is 15.4 Å². The Hall–Kier alpha value is -2.14. The lowest BCUT2D eigenvalue weighted by atomic mass is 9.89. The summed E-state index contributed by atoms with van der Waals surface area (Å²) < 4.78 is 6.13. The Morgan fingerprint density at radius 2 is 1.96 bits per heavy atom. The molecule has 1 aromatic heterocycles. The number of fused-ring (bicyclic) bond motifs is 1. The molecule has 2 N–H and O–H groups in total. The number of nitrogens with zero attached hydrogens (tertiary/aromatic N) is 1. The molecule has 0 bridgehead atoms. The lowest BCUT2D eigenvalue weighted by molar-refractivity contribution is 0.0696. The molecule has 1 aliphatic rings. The van der Waals surface area contributed by atoms with Crippen LogP contribution in [0, 0.1) is 13.8 Å². The van der Waals surface area contributed by atoms with Gasteiger partial charge in [-0.05, 0) is 63.2 Å². The first kappa shape index (κ1) is 16.7. The molecule has 24 heavy (non-hydrogen) atoms. The fourth-order valence-corrected chi connectivity index (χ4v) is 3.19. The van der Waals surface area contributed by atoms with Gasteiger partial charge in [-0.2, -0.15) is 0 Å². The molecule has 0 saturated carbocycles. The van der Waals surface area contributed by atoms with Crippen molar-refractivity contribution in [3.63, 3.8) is 0 Å². The average molecular weight is 341 g/mol. The minimum atomic E-state index is -0.240. The van der Waals surface area contributed by atoms with Crippen LogP contribution in [0.2, 0.25) is 0 Å². The Bertz CT molecular complexity index is 756. The van der Waals surface area contributed by atoms with Crippen molar-refractivity contribution in [3.8, 4) is 5.75 Å². The van der Waals surface area contributed by atoms with E-state index in [4.69, 9.17) is 17.0 Å². The van der Waals surface area contributed by atoms with Gasteiger partial charge in [-0.3, -0.25) is 0 Å². The first-order chi connectivity index (χ1) is 11.3. The van der Waals surface area contributed by atoms with E-state index >= 15 is 0 Å². The fourth-order valence-electron chi connectivity index (χ4n) is 2.94. The number of benzene rings is 1. The van der Waals surface area contributed by atoms with Gasteiger partial charge in [0, 0.05) is 18.2 Å². The minimum Gasteiger partial charge on any atom is -0.487 e. The third-order valence-electron chi connectivity index (χ3n) is 4.08. The summed E-state index contributed by atoms with van der Waals surface area (Å²) >= 11 is 5.48. The number of nitrogens with one attached hydrogen (secondary N) is 2. The Balaban J connectivity index is 1.76. The summed E-state index contributed by atoms with van der Waals surface area (Å²) in [4.78, 5) is 4.33. The van der Waals surface area contributed by atoms with Crippen LogP contribution >= 0.6 is 12.2 Å². The van der Waals surface area contributed by atoms with Gasteiger partial charge >= 0.3 is 0 Å². The fraction of sp³-hybridized carbons (Fsp3) is 0.368. The van der Waals surface area contributed by atoms with Crippen LogP contribution in [0.15, 0.2) is 36.5 Å². The lowest BCUT2D eigenvalue weighted by Gasteiger charge is -2.38. The second kappa shape index (κ2) is 6.40. The van der Waals surface area contributed by atoms with Crippen LogP contribution in [-0.4, -0.2) is 15.7 Å². The Morgan fingerprint density at radius 3 is 2.67 bits per heavy atom. The maximum atomic E-state index is 6.13. The third kappa shape index (κ3) is 3.85. The molecule has 0 amide bonds. The van der Waals surface area contributed by atoms with Gasteiger partial charge in [0.15, 0.2) is 5.11 Å². The molecule has 2 aromatic rings. The standard InChI is InChI=1S/C19H23N3OS/c1-12-5-7-14-15(10-19(3,4)23-16(14)9-12)21-18(24)22-17-8-6-13(2)11-20-17/h5-9,11,15H,10H2,1-4H3,(H2,20,21,22,24). The summed E-state index contributed by atoms with van der Waals surface area (Å²) in [5.74, 6) is 1.67. The molecular formula is C19H23N3OS. The largest absolute Gasteiger partial charge is 0.487 e. The molecule has 4 nitrogen and oxygen atoms in total. The van der Waals surface area contributed by atoms with E-state index in [0.29, 0.717) is 5.11 Å². The number of ether oxygens (including phenoxy) is 1. The van der Waals surface area contributed by atoms with E-state index in [1.807, 2.05) is 25.3 Å². The van der Waals surface area contributed by atoms with Crippen molar-refractivity contribution in [1.82, 2.24) is 10.3 Å². The van der Waals surface area contributed by atoms with E-state index < -0.39 is 0 Å². The van der Waals surface area contributed by atoms with Crippen molar-refractivity contribution in [2.24, 2.45) is 0 Å². The van der Waals surface area contributed by atoms with E-state index in [9.17, 15) is 0 Å². The normalized spacial score (nSPS) is 18.2. The van der Waals surface area contributed by atoms with E-state index in [1.54, 1.807) is 0 Å². The molecule has 126 valence electrons. The number of aryl methyl sites for hydroxylation is 2. The second-order valence-electron chi connectivity index (χ2n) is 6.98. The highest BCUT2D eigenvalue weighted by Crippen LogP contribution is 2.39. The predicted octanol–water partition coefficient (Wildman–Crippen LogP) is 4.29. The number of anilines is 1. The van der Waals surface area contributed by atoms with Crippen LogP contribution in [0.4, 0.5) is 5.82 Å². The summed E-state index contributed by atoms with van der Waals surface area (Å²) in [7, 11) is 0. The van der Waals surface area contributed by atoms with E-state index in [2.05, 4.69) is 54.6 Å². The molecule has 0 spiro atoms. The molecule has 0 saturated heterocycles. The summed E-state index contributed by atoms with van der Waals surface area (Å²) in [5, 5.41) is 7.14. The molecule has 2 heterocycles. The zero-order valence-corrected chi connectivity index (χ0v) is 15.3. The van der Waals surface area contributed by atoms with Gasteiger partial charge < -0.3 is 15.4 Å². The van der Waals surface area contributed by atoms with E-state index in [0.717, 1.165) is 29.1 Å². The highest BCUT2D eigenvalue weighted by Gasteiger charge is 2.34. The first-order valence-corrected chi connectivity index (χ1v) is 8.53. The maximum absolute atomic E-state index is 6.13. The van der Waals surface area contributed by atoms with E-state index in [1.165, 1.54) is 5.56 Å². The van der Waals surface area contributed by atoms with Crippen LogP contribution in [0.1, 0.15) is 43.0 Å². The number of aromatic nitrogens is 1. The van der Waals surface area contributed by atoms with Crippen LogP contribution in [0.25, 0.3) is 0 Å². The third-order valence-corrected chi connectivity index (χ3v) is 4.30. The monoisotopic (exact) mass is 341 g/mol. The summed E-state index contributed by atoms with van der Waals surface area (Å²) in [6.45, 7) is 8.29. The van der Waals surface area contributed by atoms with Gasteiger partial charge in [0.25, 0.3) is 0 Å². The highest BCUT2D eigenvalue weighted by molar-refractivity contribution is 7.80. The quantitative estimate of drug-likeness (QED) is 0.798. The van der Waals surface area contributed by atoms with Crippen molar-refractivity contribution in [3.05, 3.63) is 53.2 Å². The average Bonchev–Trinajstić information content (AvgIpc) is 2.48.